The summed E-state index contributed by atoms with van der Waals surface area (Å²) in [5.41, 5.74) is 2.17. The van der Waals surface area contributed by atoms with E-state index in [0.717, 1.165) is 31.0 Å². The molecule has 0 radical (unpaired) electrons. The monoisotopic (exact) mass is 398 g/mol. The van der Waals surface area contributed by atoms with Crippen LogP contribution in [-0.2, 0) is 6.42 Å². The van der Waals surface area contributed by atoms with E-state index >= 15 is 0 Å². The molecule has 6 heteroatoms. The van der Waals surface area contributed by atoms with Crippen LogP contribution in [0.2, 0.25) is 0 Å². The largest absolute Gasteiger partial charge is 0.332 e. The number of rotatable bonds is 5. The summed E-state index contributed by atoms with van der Waals surface area (Å²) in [6.45, 7) is 2.16. The van der Waals surface area contributed by atoms with Crippen LogP contribution in [0.1, 0.15) is 25.3 Å². The number of hydrogen-bond acceptors (Lipinski definition) is 1. The molecule has 0 saturated heterocycles. The molecular weight excluding hydrogens is 382 g/mol. The standard InChI is InChI=1S/C17H17BrF2N2S/c1-2-3-4-11-5-7-13(8-6-11)21-17(23)22-16-14(18)9-12(19)10-15(16)20/h5-10H,2-4H2,1H3,(H2,21,22,23). The highest BCUT2D eigenvalue weighted by atomic mass is 79.9. The first kappa shape index (κ1) is 17.8. The zero-order chi connectivity index (χ0) is 16.8. The Balaban J connectivity index is 2.00. The normalized spacial score (nSPS) is 10.4. The first-order valence-corrected chi connectivity index (χ1v) is 8.51. The lowest BCUT2D eigenvalue weighted by atomic mass is 10.1. The van der Waals surface area contributed by atoms with Gasteiger partial charge in [-0.15, -0.1) is 0 Å². The van der Waals surface area contributed by atoms with Gasteiger partial charge in [-0.3, -0.25) is 0 Å². The van der Waals surface area contributed by atoms with E-state index in [1.54, 1.807) is 0 Å². The summed E-state index contributed by atoms with van der Waals surface area (Å²) in [5, 5.41) is 5.95. The molecule has 122 valence electrons. The van der Waals surface area contributed by atoms with Gasteiger partial charge in [0, 0.05) is 16.2 Å². The van der Waals surface area contributed by atoms with Gasteiger partial charge in [0.25, 0.3) is 0 Å². The topological polar surface area (TPSA) is 24.1 Å². The fourth-order valence-corrected chi connectivity index (χ4v) is 2.80. The molecule has 0 spiro atoms. The van der Waals surface area contributed by atoms with E-state index in [-0.39, 0.29) is 15.3 Å². The van der Waals surface area contributed by atoms with E-state index in [4.69, 9.17) is 12.2 Å². The van der Waals surface area contributed by atoms with Crippen molar-refractivity contribution in [2.24, 2.45) is 0 Å². The molecule has 0 aliphatic rings. The van der Waals surface area contributed by atoms with Crippen molar-refractivity contribution < 1.29 is 8.78 Å². The highest BCUT2D eigenvalue weighted by Gasteiger charge is 2.11. The van der Waals surface area contributed by atoms with Crippen molar-refractivity contribution in [2.45, 2.75) is 26.2 Å². The van der Waals surface area contributed by atoms with Gasteiger partial charge >= 0.3 is 0 Å². The molecule has 2 aromatic carbocycles. The number of unbranched alkanes of at least 4 members (excludes halogenated alkanes) is 1. The predicted molar refractivity (Wildman–Crippen MR) is 99.0 cm³/mol. The Bertz CT molecular complexity index is 666. The summed E-state index contributed by atoms with van der Waals surface area (Å²) in [6, 6.07) is 9.91. The second kappa shape index (κ2) is 8.36. The molecule has 0 fully saturated rings. The number of benzene rings is 2. The molecule has 0 aromatic heterocycles. The van der Waals surface area contributed by atoms with E-state index in [0.29, 0.717) is 0 Å². The average molecular weight is 399 g/mol. The molecule has 0 bridgehead atoms. The zero-order valence-corrected chi connectivity index (χ0v) is 15.0. The second-order valence-electron chi connectivity index (χ2n) is 5.12. The summed E-state index contributed by atoms with van der Waals surface area (Å²) >= 11 is 8.29. The fraction of sp³-hybridized carbons (Fsp3) is 0.235. The van der Waals surface area contributed by atoms with Crippen molar-refractivity contribution >= 4 is 44.6 Å². The molecule has 0 amide bonds. The number of aryl methyl sites for hydroxylation is 1. The SMILES string of the molecule is CCCCc1ccc(NC(=S)Nc2c(F)cc(F)cc2Br)cc1. The van der Waals surface area contributed by atoms with Crippen LogP contribution < -0.4 is 10.6 Å². The first-order chi connectivity index (χ1) is 11.0. The van der Waals surface area contributed by atoms with Crippen molar-refractivity contribution in [3.63, 3.8) is 0 Å². The number of hydrogen-bond donors (Lipinski definition) is 2. The van der Waals surface area contributed by atoms with Crippen molar-refractivity contribution in [1.82, 2.24) is 0 Å². The Morgan fingerprint density at radius 3 is 2.43 bits per heavy atom. The van der Waals surface area contributed by atoms with Crippen molar-refractivity contribution in [3.05, 3.63) is 58.1 Å². The maximum absolute atomic E-state index is 13.8. The van der Waals surface area contributed by atoms with Crippen LogP contribution in [0.25, 0.3) is 0 Å². The summed E-state index contributed by atoms with van der Waals surface area (Å²) in [7, 11) is 0. The van der Waals surface area contributed by atoms with Gasteiger partial charge in [-0.2, -0.15) is 0 Å². The third kappa shape index (κ3) is 5.25. The predicted octanol–water partition coefficient (Wildman–Crippen LogP) is 5.88. The number of nitrogens with one attached hydrogen (secondary N) is 2. The summed E-state index contributed by atoms with van der Waals surface area (Å²) in [5.74, 6) is -1.36. The van der Waals surface area contributed by atoms with Gasteiger partial charge in [0.05, 0.1) is 5.69 Å². The number of anilines is 2. The first-order valence-electron chi connectivity index (χ1n) is 7.31. The lowest BCUT2D eigenvalue weighted by Crippen LogP contribution is -2.20. The highest BCUT2D eigenvalue weighted by molar-refractivity contribution is 9.10. The third-order valence-corrected chi connectivity index (χ3v) is 4.11. The van der Waals surface area contributed by atoms with E-state index in [9.17, 15) is 8.78 Å². The van der Waals surface area contributed by atoms with E-state index in [2.05, 4.69) is 33.5 Å². The molecule has 0 atom stereocenters. The van der Waals surface area contributed by atoms with Crippen molar-refractivity contribution in [1.29, 1.82) is 0 Å². The molecule has 2 nitrogen and oxygen atoms in total. The smallest absolute Gasteiger partial charge is 0.175 e. The summed E-state index contributed by atoms with van der Waals surface area (Å²) in [4.78, 5) is 0. The maximum atomic E-state index is 13.8. The molecule has 0 saturated carbocycles. The van der Waals surface area contributed by atoms with Crippen molar-refractivity contribution in [2.75, 3.05) is 10.6 Å². The van der Waals surface area contributed by atoms with Gasteiger partial charge in [0.15, 0.2) is 10.9 Å². The quantitative estimate of drug-likeness (QED) is 0.614. The average Bonchev–Trinajstić information content (AvgIpc) is 2.50. The van der Waals surface area contributed by atoms with Crippen LogP contribution >= 0.6 is 28.1 Å². The van der Waals surface area contributed by atoms with Crippen LogP contribution in [0, 0.1) is 11.6 Å². The molecular formula is C17H17BrF2N2S. The minimum absolute atomic E-state index is 0.100. The molecule has 0 aliphatic heterocycles. The Morgan fingerprint density at radius 1 is 1.13 bits per heavy atom. The molecule has 0 unspecified atom stereocenters. The van der Waals surface area contributed by atoms with Gasteiger partial charge < -0.3 is 10.6 Å². The number of thiocarbonyl (C=S) groups is 1. The van der Waals surface area contributed by atoms with E-state index in [1.165, 1.54) is 11.6 Å². The lowest BCUT2D eigenvalue weighted by Gasteiger charge is -2.13. The molecule has 0 aliphatic carbocycles. The van der Waals surface area contributed by atoms with E-state index < -0.39 is 11.6 Å². The van der Waals surface area contributed by atoms with Gasteiger partial charge in [-0.05, 0) is 64.8 Å². The van der Waals surface area contributed by atoms with E-state index in [1.807, 2.05) is 24.3 Å². The fourth-order valence-electron chi connectivity index (χ4n) is 2.07. The van der Waals surface area contributed by atoms with Crippen LogP contribution in [0.5, 0.6) is 0 Å². The minimum atomic E-state index is -0.712. The van der Waals surface area contributed by atoms with Gasteiger partial charge in [0.1, 0.15) is 5.82 Å². The Morgan fingerprint density at radius 2 is 1.83 bits per heavy atom. The van der Waals surface area contributed by atoms with Crippen molar-refractivity contribution in [3.8, 4) is 0 Å². The molecule has 2 rings (SSSR count). The van der Waals surface area contributed by atoms with Gasteiger partial charge in [0.2, 0.25) is 0 Å². The molecule has 0 heterocycles. The summed E-state index contributed by atoms with van der Waals surface area (Å²) in [6.07, 6.45) is 3.37. The van der Waals surface area contributed by atoms with Crippen LogP contribution in [0.4, 0.5) is 20.2 Å². The molecule has 23 heavy (non-hydrogen) atoms. The third-order valence-electron chi connectivity index (χ3n) is 3.28. The van der Waals surface area contributed by atoms with Crippen LogP contribution in [0.3, 0.4) is 0 Å². The zero-order valence-electron chi connectivity index (χ0n) is 12.6. The van der Waals surface area contributed by atoms with Crippen LogP contribution in [0.15, 0.2) is 40.9 Å². The van der Waals surface area contributed by atoms with Gasteiger partial charge in [-0.1, -0.05) is 25.5 Å². The molecule has 2 N–H and O–H groups in total. The highest BCUT2D eigenvalue weighted by Crippen LogP contribution is 2.27. The Labute approximate surface area is 148 Å². The summed E-state index contributed by atoms with van der Waals surface area (Å²) < 4.78 is 27.1. The Kier molecular flexibility index (Phi) is 6.47. The number of halogens is 3. The molecule has 2 aromatic rings. The minimum Gasteiger partial charge on any atom is -0.332 e. The second-order valence-corrected chi connectivity index (χ2v) is 6.39. The van der Waals surface area contributed by atoms with Crippen LogP contribution in [-0.4, -0.2) is 5.11 Å². The Hall–Kier alpha value is -1.53. The van der Waals surface area contributed by atoms with Gasteiger partial charge in [-0.25, -0.2) is 8.78 Å². The maximum Gasteiger partial charge on any atom is 0.175 e. The lowest BCUT2D eigenvalue weighted by molar-refractivity contribution is 0.585.